The number of hydrogen-bond acceptors (Lipinski definition) is 4. The molecule has 1 amide bonds. The summed E-state index contributed by atoms with van der Waals surface area (Å²) in [6.45, 7) is 3.64. The Labute approximate surface area is 131 Å². The van der Waals surface area contributed by atoms with Crippen molar-refractivity contribution >= 4 is 11.6 Å². The first-order chi connectivity index (χ1) is 10.7. The fraction of sp³-hybridized carbons (Fsp3) is 0.353. The summed E-state index contributed by atoms with van der Waals surface area (Å²) in [5, 5.41) is 3.27. The Kier molecular flexibility index (Phi) is 5.89. The number of nitrogens with zero attached hydrogens (tertiary/aromatic N) is 3. The van der Waals surface area contributed by atoms with Crippen LogP contribution >= 0.6 is 0 Å². The van der Waals surface area contributed by atoms with E-state index < -0.39 is 0 Å². The van der Waals surface area contributed by atoms with E-state index in [9.17, 15) is 4.79 Å². The second-order valence-corrected chi connectivity index (χ2v) is 5.19. The average Bonchev–Trinajstić information content (AvgIpc) is 2.58. The van der Waals surface area contributed by atoms with Crippen LogP contribution in [0.2, 0.25) is 0 Å². The Balaban J connectivity index is 1.95. The number of rotatable bonds is 7. The van der Waals surface area contributed by atoms with Gasteiger partial charge in [0.05, 0.1) is 0 Å². The highest BCUT2D eigenvalue weighted by atomic mass is 16.2. The fourth-order valence-corrected chi connectivity index (χ4v) is 2.07. The predicted octanol–water partition coefficient (Wildman–Crippen LogP) is 2.61. The largest absolute Gasteiger partial charge is 0.385 e. The molecule has 2 aromatic rings. The lowest BCUT2D eigenvalue weighted by molar-refractivity contribution is 0.0791. The maximum atomic E-state index is 12.4. The van der Waals surface area contributed by atoms with Crippen LogP contribution in [-0.2, 0) is 6.42 Å². The van der Waals surface area contributed by atoms with E-state index in [0.29, 0.717) is 12.2 Å². The van der Waals surface area contributed by atoms with Gasteiger partial charge >= 0.3 is 0 Å². The lowest BCUT2D eigenvalue weighted by atomic mass is 10.2. The van der Waals surface area contributed by atoms with Crippen LogP contribution in [0.1, 0.15) is 29.4 Å². The van der Waals surface area contributed by atoms with Gasteiger partial charge in [0.15, 0.2) is 0 Å². The number of amides is 1. The molecule has 2 heterocycles. The number of hydrogen-bond donors (Lipinski definition) is 1. The molecule has 0 atom stereocenters. The second-order valence-electron chi connectivity index (χ2n) is 5.19. The standard InChI is InChI=1S/C17H22N4O/c1-3-8-19-15-6-11-20-16(13-15)17(22)21(2)12-7-14-4-9-18-10-5-14/h4-6,9-11,13H,3,7-8,12H2,1-2H3,(H,19,20). The number of anilines is 1. The number of likely N-dealkylation sites (N-methyl/N-ethyl adjacent to an activating group) is 1. The zero-order valence-electron chi connectivity index (χ0n) is 13.1. The highest BCUT2D eigenvalue weighted by Gasteiger charge is 2.13. The van der Waals surface area contributed by atoms with Crippen molar-refractivity contribution in [3.8, 4) is 0 Å². The average molecular weight is 298 g/mol. The van der Waals surface area contributed by atoms with E-state index >= 15 is 0 Å². The van der Waals surface area contributed by atoms with E-state index in [1.54, 1.807) is 36.6 Å². The van der Waals surface area contributed by atoms with Crippen molar-refractivity contribution in [1.82, 2.24) is 14.9 Å². The molecule has 2 aromatic heterocycles. The van der Waals surface area contributed by atoms with Gasteiger partial charge in [0.2, 0.25) is 0 Å². The summed E-state index contributed by atoms with van der Waals surface area (Å²) in [5.74, 6) is -0.0609. The Morgan fingerprint density at radius 1 is 1.23 bits per heavy atom. The molecule has 0 aliphatic carbocycles. The third-order valence-electron chi connectivity index (χ3n) is 3.39. The van der Waals surface area contributed by atoms with Gasteiger partial charge in [-0.25, -0.2) is 0 Å². The quantitative estimate of drug-likeness (QED) is 0.853. The molecule has 0 bridgehead atoms. The molecular weight excluding hydrogens is 276 g/mol. The van der Waals surface area contributed by atoms with Gasteiger partial charge in [-0.15, -0.1) is 0 Å². The third kappa shape index (κ3) is 4.55. The molecule has 0 fully saturated rings. The summed E-state index contributed by atoms with van der Waals surface area (Å²) < 4.78 is 0. The van der Waals surface area contributed by atoms with Crippen LogP contribution in [0.4, 0.5) is 5.69 Å². The summed E-state index contributed by atoms with van der Waals surface area (Å²) in [6, 6.07) is 7.61. The lowest BCUT2D eigenvalue weighted by Gasteiger charge is -2.17. The van der Waals surface area contributed by atoms with Crippen LogP contribution in [0.3, 0.4) is 0 Å². The minimum Gasteiger partial charge on any atom is -0.385 e. The van der Waals surface area contributed by atoms with E-state index in [4.69, 9.17) is 0 Å². The first kappa shape index (κ1) is 15.9. The monoisotopic (exact) mass is 298 g/mol. The molecule has 0 saturated carbocycles. The minimum atomic E-state index is -0.0609. The van der Waals surface area contributed by atoms with Crippen molar-refractivity contribution in [2.75, 3.05) is 25.5 Å². The van der Waals surface area contributed by atoms with E-state index in [1.165, 1.54) is 5.56 Å². The van der Waals surface area contributed by atoms with Gasteiger partial charge in [0.25, 0.3) is 5.91 Å². The number of carbonyl (C=O) groups excluding carboxylic acids is 1. The van der Waals surface area contributed by atoms with Crippen LogP contribution in [-0.4, -0.2) is 40.9 Å². The van der Waals surface area contributed by atoms with Gasteiger partial charge in [0, 0.05) is 44.4 Å². The number of aromatic nitrogens is 2. The number of nitrogens with one attached hydrogen (secondary N) is 1. The molecule has 0 saturated heterocycles. The van der Waals surface area contributed by atoms with Crippen molar-refractivity contribution < 1.29 is 4.79 Å². The van der Waals surface area contributed by atoms with Crippen LogP contribution in [0.25, 0.3) is 0 Å². The lowest BCUT2D eigenvalue weighted by Crippen LogP contribution is -2.29. The molecular formula is C17H22N4O. The van der Waals surface area contributed by atoms with E-state index in [1.807, 2.05) is 18.2 Å². The maximum Gasteiger partial charge on any atom is 0.272 e. The van der Waals surface area contributed by atoms with Gasteiger partial charge in [0.1, 0.15) is 5.69 Å². The van der Waals surface area contributed by atoms with Crippen LogP contribution in [0.15, 0.2) is 42.9 Å². The smallest absolute Gasteiger partial charge is 0.272 e. The van der Waals surface area contributed by atoms with Crippen LogP contribution in [0, 0.1) is 0 Å². The highest BCUT2D eigenvalue weighted by Crippen LogP contribution is 2.10. The molecule has 0 aliphatic rings. The summed E-state index contributed by atoms with van der Waals surface area (Å²) in [5.41, 5.74) is 2.57. The van der Waals surface area contributed by atoms with Gasteiger partial charge < -0.3 is 10.2 Å². The second kappa shape index (κ2) is 8.12. The van der Waals surface area contributed by atoms with E-state index in [2.05, 4.69) is 22.2 Å². The number of pyridine rings is 2. The van der Waals surface area contributed by atoms with Crippen molar-refractivity contribution in [3.05, 3.63) is 54.1 Å². The molecule has 22 heavy (non-hydrogen) atoms. The molecule has 0 spiro atoms. The zero-order valence-corrected chi connectivity index (χ0v) is 13.1. The maximum absolute atomic E-state index is 12.4. The van der Waals surface area contributed by atoms with Crippen molar-refractivity contribution in [1.29, 1.82) is 0 Å². The molecule has 0 aromatic carbocycles. The summed E-state index contributed by atoms with van der Waals surface area (Å²) >= 11 is 0. The SMILES string of the molecule is CCCNc1ccnc(C(=O)N(C)CCc2ccncc2)c1. The van der Waals surface area contributed by atoms with Crippen LogP contribution < -0.4 is 5.32 Å². The van der Waals surface area contributed by atoms with Crippen molar-refractivity contribution in [2.45, 2.75) is 19.8 Å². The Hall–Kier alpha value is -2.43. The summed E-state index contributed by atoms with van der Waals surface area (Å²) in [7, 11) is 1.80. The minimum absolute atomic E-state index is 0.0609. The Morgan fingerprint density at radius 3 is 2.73 bits per heavy atom. The molecule has 5 nitrogen and oxygen atoms in total. The molecule has 5 heteroatoms. The first-order valence-electron chi connectivity index (χ1n) is 7.55. The van der Waals surface area contributed by atoms with E-state index in [-0.39, 0.29) is 5.91 Å². The first-order valence-corrected chi connectivity index (χ1v) is 7.55. The zero-order chi connectivity index (χ0) is 15.8. The van der Waals surface area contributed by atoms with Gasteiger partial charge in [-0.3, -0.25) is 14.8 Å². The number of carbonyl (C=O) groups is 1. The van der Waals surface area contributed by atoms with Gasteiger partial charge in [-0.05, 0) is 42.7 Å². The molecule has 0 unspecified atom stereocenters. The molecule has 0 radical (unpaired) electrons. The molecule has 116 valence electrons. The van der Waals surface area contributed by atoms with Gasteiger partial charge in [-0.2, -0.15) is 0 Å². The Bertz CT molecular complexity index is 601. The van der Waals surface area contributed by atoms with Crippen LogP contribution in [0.5, 0.6) is 0 Å². The Morgan fingerprint density at radius 2 is 2.00 bits per heavy atom. The molecule has 2 rings (SSSR count). The normalized spacial score (nSPS) is 10.3. The molecule has 1 N–H and O–H groups in total. The predicted molar refractivity (Wildman–Crippen MR) is 87.9 cm³/mol. The van der Waals surface area contributed by atoms with Crippen molar-refractivity contribution in [2.24, 2.45) is 0 Å². The summed E-state index contributed by atoms with van der Waals surface area (Å²) in [6.07, 6.45) is 7.04. The highest BCUT2D eigenvalue weighted by molar-refractivity contribution is 5.92. The third-order valence-corrected chi connectivity index (χ3v) is 3.39. The van der Waals surface area contributed by atoms with Crippen molar-refractivity contribution in [3.63, 3.8) is 0 Å². The molecule has 0 aliphatic heterocycles. The van der Waals surface area contributed by atoms with E-state index in [0.717, 1.165) is 25.1 Å². The fourth-order valence-electron chi connectivity index (χ4n) is 2.07. The summed E-state index contributed by atoms with van der Waals surface area (Å²) in [4.78, 5) is 22.3. The topological polar surface area (TPSA) is 58.1 Å². The van der Waals surface area contributed by atoms with Gasteiger partial charge in [-0.1, -0.05) is 6.92 Å².